The van der Waals surface area contributed by atoms with E-state index >= 15 is 0 Å². The van der Waals surface area contributed by atoms with Crippen LogP contribution in [0, 0.1) is 18.8 Å². The van der Waals surface area contributed by atoms with Gasteiger partial charge in [0.05, 0.1) is 0 Å². The van der Waals surface area contributed by atoms with Gasteiger partial charge < -0.3 is 23.5 Å². The molecule has 0 radical (unpaired) electrons. The van der Waals surface area contributed by atoms with E-state index < -0.39 is 0 Å². The topological polar surface area (TPSA) is 67.2 Å². The molecule has 0 spiro atoms. The number of rotatable bonds is 3. The van der Waals surface area contributed by atoms with Crippen LogP contribution < -0.4 is 0 Å². The van der Waals surface area contributed by atoms with E-state index in [2.05, 4.69) is 26.7 Å². The average Bonchev–Trinajstić information content (AvgIpc) is 2.37. The van der Waals surface area contributed by atoms with Gasteiger partial charge in [-0.3, -0.25) is 9.59 Å². The van der Waals surface area contributed by atoms with Crippen LogP contribution in [0.15, 0.2) is 0 Å². The predicted molar refractivity (Wildman–Crippen MR) is 66.9 cm³/mol. The fourth-order valence-corrected chi connectivity index (χ4v) is 1.42. The van der Waals surface area contributed by atoms with Crippen LogP contribution in [0.5, 0.6) is 0 Å². The summed E-state index contributed by atoms with van der Waals surface area (Å²) in [5.74, 6) is 0.0961. The second kappa shape index (κ2) is 17.5. The van der Waals surface area contributed by atoms with Crippen molar-refractivity contribution in [2.75, 3.05) is 0 Å². The van der Waals surface area contributed by atoms with Gasteiger partial charge in [-0.1, -0.05) is 0 Å². The first-order valence-electron chi connectivity index (χ1n) is 5.22. The standard InChI is InChI=1S/C10H15O3.CN.Cu.HI.Zn/c1-2-3-10(12)13-9-6-4-8(11)5-7-9;1-2;;;/h9H,1-7H2;;;1H;/q2*-1;+1;;+2/p-1. The monoisotopic (exact) mass is 463 g/mol. The first kappa shape index (κ1) is 23.6. The van der Waals surface area contributed by atoms with E-state index in [0.29, 0.717) is 38.5 Å². The van der Waals surface area contributed by atoms with Gasteiger partial charge in [-0.15, -0.1) is 0 Å². The number of ketones is 1. The van der Waals surface area contributed by atoms with Crippen molar-refractivity contribution >= 4 is 31.5 Å². The van der Waals surface area contributed by atoms with E-state index in [-0.39, 0.29) is 34.9 Å². The van der Waals surface area contributed by atoms with Gasteiger partial charge in [-0.2, -0.15) is 6.42 Å². The first-order valence-corrected chi connectivity index (χ1v) is 14.3. The van der Waals surface area contributed by atoms with E-state index in [1.165, 1.54) is 14.8 Å². The van der Waals surface area contributed by atoms with Crippen molar-refractivity contribution < 1.29 is 46.2 Å². The Hall–Kier alpha value is 0.503. The second-order valence-corrected chi connectivity index (χ2v) is 3.33. The normalized spacial score (nSPS) is 14.0. The molecule has 7 heteroatoms. The number of halogens is 1. The zero-order valence-corrected chi connectivity index (χ0v) is 16.2. The van der Waals surface area contributed by atoms with Crippen molar-refractivity contribution in [3.63, 3.8) is 0 Å². The number of hydrogen-bond acceptors (Lipinski definition) is 4. The average molecular weight is 465 g/mol. The number of carbonyl (C=O) groups is 2. The van der Waals surface area contributed by atoms with Crippen LogP contribution in [-0.2, 0) is 46.2 Å². The van der Waals surface area contributed by atoms with Crippen LogP contribution in [0.2, 0.25) is 0 Å². The molecular formula is C11H15CuINO3Zn. The van der Waals surface area contributed by atoms with Gasteiger partial charge >= 0.3 is 57.6 Å². The number of nitrogens with zero attached hydrogens (tertiary/aromatic N) is 1. The second-order valence-electron chi connectivity index (χ2n) is 3.33. The molecule has 1 rings (SSSR count). The van der Waals surface area contributed by atoms with Crippen molar-refractivity contribution in [1.29, 1.82) is 5.26 Å². The molecule has 1 saturated carbocycles. The Morgan fingerprint density at radius 2 is 1.89 bits per heavy atom. The molecular weight excluding hydrogens is 450 g/mol. The van der Waals surface area contributed by atoms with Gasteiger partial charge in [0.2, 0.25) is 0 Å². The van der Waals surface area contributed by atoms with Crippen molar-refractivity contribution in [3.8, 4) is 0 Å². The molecule has 0 atom stereocenters. The zero-order valence-electron chi connectivity index (χ0n) is 10.1. The molecule has 0 bridgehead atoms. The van der Waals surface area contributed by atoms with E-state index in [1.54, 1.807) is 0 Å². The summed E-state index contributed by atoms with van der Waals surface area (Å²) in [5.41, 5.74) is 0. The van der Waals surface area contributed by atoms with E-state index in [9.17, 15) is 9.59 Å². The molecule has 102 valence electrons. The third-order valence-electron chi connectivity index (χ3n) is 2.17. The molecule has 0 aliphatic heterocycles. The van der Waals surface area contributed by atoms with Crippen molar-refractivity contribution in [1.82, 2.24) is 0 Å². The maximum atomic E-state index is 11.0. The van der Waals surface area contributed by atoms with Crippen LogP contribution in [0.25, 0.3) is 0 Å². The van der Waals surface area contributed by atoms with E-state index in [1.807, 2.05) is 0 Å². The van der Waals surface area contributed by atoms with Gasteiger partial charge in [0.15, 0.2) is 0 Å². The van der Waals surface area contributed by atoms with E-state index in [4.69, 9.17) is 16.6 Å². The van der Waals surface area contributed by atoms with Gasteiger partial charge in [0, 0.05) is 19.3 Å². The van der Waals surface area contributed by atoms with Crippen LogP contribution in [-0.4, -0.2) is 17.9 Å². The van der Waals surface area contributed by atoms with Crippen LogP contribution in [0.4, 0.5) is 0 Å². The summed E-state index contributed by atoms with van der Waals surface area (Å²) in [6.07, 6.45) is 3.43. The molecule has 0 aromatic heterocycles. The third kappa shape index (κ3) is 12.9. The Balaban J connectivity index is -0.000000409. The Labute approximate surface area is 140 Å². The summed E-state index contributed by atoms with van der Waals surface area (Å²) in [6.45, 7) is 8.33. The SMILES string of the molecule is [C-]#N.[CH2-]CCC(=O)OC1CCC(=O)CC1.[Cu+].[Zn+][I]. The molecule has 1 aliphatic carbocycles. The van der Waals surface area contributed by atoms with Crippen molar-refractivity contribution in [2.24, 2.45) is 0 Å². The summed E-state index contributed by atoms with van der Waals surface area (Å²) in [4.78, 5) is 21.9. The van der Waals surface area contributed by atoms with Crippen LogP contribution in [0.1, 0.15) is 38.5 Å². The fraction of sp³-hybridized carbons (Fsp3) is 0.636. The predicted octanol–water partition coefficient (Wildman–Crippen LogP) is 2.63. The third-order valence-corrected chi connectivity index (χ3v) is 2.17. The summed E-state index contributed by atoms with van der Waals surface area (Å²) < 4.78 is 5.15. The fourth-order valence-electron chi connectivity index (χ4n) is 1.42. The molecule has 0 unspecified atom stereocenters. The first-order chi connectivity index (χ1) is 8.22. The molecule has 0 heterocycles. The van der Waals surface area contributed by atoms with Gasteiger partial charge in [0.25, 0.3) is 0 Å². The molecule has 18 heavy (non-hydrogen) atoms. The molecule has 0 N–H and O–H groups in total. The van der Waals surface area contributed by atoms with E-state index in [0.717, 1.165) is 0 Å². The number of ether oxygens (including phenoxy) is 1. The summed E-state index contributed by atoms with van der Waals surface area (Å²) >= 11 is 3.62. The number of Topliss-reactive ketones (excluding diaryl/α,β-unsaturated/α-hetero) is 1. The molecule has 0 saturated heterocycles. The number of hydrogen-bond donors (Lipinski definition) is 0. The van der Waals surface area contributed by atoms with Crippen molar-refractivity contribution in [3.05, 3.63) is 13.5 Å². The Morgan fingerprint density at radius 1 is 1.44 bits per heavy atom. The molecule has 0 amide bonds. The Bertz CT molecular complexity index is 242. The molecule has 1 fully saturated rings. The molecule has 1 aliphatic rings. The van der Waals surface area contributed by atoms with Crippen molar-refractivity contribution in [2.45, 2.75) is 44.6 Å². The minimum atomic E-state index is -0.186. The van der Waals surface area contributed by atoms with Gasteiger partial charge in [-0.05, 0) is 12.8 Å². The molecule has 0 aromatic carbocycles. The van der Waals surface area contributed by atoms with Crippen LogP contribution >= 0.6 is 19.8 Å². The summed E-state index contributed by atoms with van der Waals surface area (Å²) in [5, 5.41) is 6.25. The summed E-state index contributed by atoms with van der Waals surface area (Å²) in [6, 6.07) is 0. The zero-order chi connectivity index (χ0) is 13.7. The summed E-state index contributed by atoms with van der Waals surface area (Å²) in [7, 11) is 0. The molecule has 4 nitrogen and oxygen atoms in total. The minimum absolute atomic E-state index is 0. The van der Waals surface area contributed by atoms with Gasteiger partial charge in [-0.25, -0.2) is 0 Å². The van der Waals surface area contributed by atoms with Crippen LogP contribution in [0.3, 0.4) is 0 Å². The quantitative estimate of drug-likeness (QED) is 0.278. The van der Waals surface area contributed by atoms with Gasteiger partial charge in [0.1, 0.15) is 11.9 Å². The number of esters is 1. The molecule has 0 aromatic rings. The maximum absolute atomic E-state index is 11.0. The Morgan fingerprint density at radius 3 is 2.28 bits per heavy atom. The Kier molecular flexibility index (Phi) is 22.9. The number of carbonyl (C=O) groups excluding carboxylic acids is 2.